The van der Waals surface area contributed by atoms with E-state index in [-0.39, 0.29) is 5.54 Å². The van der Waals surface area contributed by atoms with E-state index >= 15 is 0 Å². The highest BCUT2D eigenvalue weighted by Gasteiger charge is 2.09. The van der Waals surface area contributed by atoms with Crippen molar-refractivity contribution in [2.75, 3.05) is 6.54 Å². The summed E-state index contributed by atoms with van der Waals surface area (Å²) in [5.74, 6) is 0. The summed E-state index contributed by atoms with van der Waals surface area (Å²) in [6.07, 6.45) is 0. The van der Waals surface area contributed by atoms with Crippen LogP contribution >= 0.6 is 15.9 Å². The Hall–Kier alpha value is -0.380. The van der Waals surface area contributed by atoms with Gasteiger partial charge in [0, 0.05) is 23.1 Å². The van der Waals surface area contributed by atoms with Crippen molar-refractivity contribution in [3.05, 3.63) is 34.3 Å². The van der Waals surface area contributed by atoms with Crippen LogP contribution in [-0.4, -0.2) is 12.1 Å². The molecule has 0 saturated heterocycles. The van der Waals surface area contributed by atoms with Crippen LogP contribution in [0, 0.1) is 0 Å². The van der Waals surface area contributed by atoms with E-state index in [0.717, 1.165) is 17.6 Å². The Bertz CT molecular complexity index is 292. The smallest absolute Gasteiger partial charge is 0.0223 e. The molecule has 1 aromatic rings. The van der Waals surface area contributed by atoms with Crippen LogP contribution < -0.4 is 11.1 Å². The van der Waals surface area contributed by atoms with Crippen LogP contribution in [0.25, 0.3) is 0 Å². The Morgan fingerprint density at radius 2 is 2.00 bits per heavy atom. The molecule has 3 heteroatoms. The molecule has 1 rings (SSSR count). The Balaban J connectivity index is 2.43. The molecule has 0 unspecified atom stereocenters. The second-order valence-electron chi connectivity index (χ2n) is 4.18. The molecule has 0 saturated carbocycles. The molecule has 1 aromatic carbocycles. The lowest BCUT2D eigenvalue weighted by atomic mass is 10.1. The van der Waals surface area contributed by atoms with E-state index in [1.807, 2.05) is 32.0 Å². The fraction of sp³-hybridized carbons (Fsp3) is 0.455. The quantitative estimate of drug-likeness (QED) is 0.868. The molecule has 0 aliphatic carbocycles. The van der Waals surface area contributed by atoms with Crippen LogP contribution in [0.3, 0.4) is 0 Å². The van der Waals surface area contributed by atoms with Gasteiger partial charge in [-0.15, -0.1) is 0 Å². The molecule has 0 bridgehead atoms. The summed E-state index contributed by atoms with van der Waals surface area (Å²) in [6, 6.07) is 8.20. The van der Waals surface area contributed by atoms with Crippen molar-refractivity contribution in [3.63, 3.8) is 0 Å². The molecule has 14 heavy (non-hydrogen) atoms. The van der Waals surface area contributed by atoms with E-state index in [1.165, 1.54) is 5.56 Å². The monoisotopic (exact) mass is 256 g/mol. The molecule has 3 N–H and O–H groups in total. The van der Waals surface area contributed by atoms with Gasteiger partial charge in [0.1, 0.15) is 0 Å². The van der Waals surface area contributed by atoms with Gasteiger partial charge in [-0.2, -0.15) is 0 Å². The van der Waals surface area contributed by atoms with Crippen molar-refractivity contribution in [2.24, 2.45) is 5.73 Å². The summed E-state index contributed by atoms with van der Waals surface area (Å²) in [5.41, 5.74) is 6.97. The summed E-state index contributed by atoms with van der Waals surface area (Å²) in [7, 11) is 0. The predicted molar refractivity (Wildman–Crippen MR) is 64.1 cm³/mol. The van der Waals surface area contributed by atoms with Gasteiger partial charge in [-0.3, -0.25) is 0 Å². The molecule has 0 aliphatic heterocycles. The van der Waals surface area contributed by atoms with Gasteiger partial charge in [0.25, 0.3) is 0 Å². The minimum absolute atomic E-state index is 0.152. The average molecular weight is 257 g/mol. The number of rotatable bonds is 4. The standard InChI is InChI=1S/C11H17BrN2/c1-11(2,13)8-14-7-9-5-3-4-6-10(9)12/h3-6,14H,7-8,13H2,1-2H3. The summed E-state index contributed by atoms with van der Waals surface area (Å²) in [4.78, 5) is 0. The zero-order chi connectivity index (χ0) is 10.6. The average Bonchev–Trinajstić information content (AvgIpc) is 2.06. The summed E-state index contributed by atoms with van der Waals surface area (Å²) < 4.78 is 1.14. The molecule has 0 aliphatic rings. The highest BCUT2D eigenvalue weighted by molar-refractivity contribution is 9.10. The summed E-state index contributed by atoms with van der Waals surface area (Å²) in [6.45, 7) is 5.69. The van der Waals surface area contributed by atoms with Crippen LogP contribution in [0.2, 0.25) is 0 Å². The van der Waals surface area contributed by atoms with Gasteiger partial charge in [-0.05, 0) is 25.5 Å². The second kappa shape index (κ2) is 4.91. The van der Waals surface area contributed by atoms with Crippen molar-refractivity contribution >= 4 is 15.9 Å². The normalized spacial score (nSPS) is 11.7. The van der Waals surface area contributed by atoms with Gasteiger partial charge < -0.3 is 11.1 Å². The highest BCUT2D eigenvalue weighted by Crippen LogP contribution is 2.15. The number of hydrogen-bond donors (Lipinski definition) is 2. The molecule has 78 valence electrons. The first-order chi connectivity index (χ1) is 6.49. The van der Waals surface area contributed by atoms with Crippen LogP contribution in [0.4, 0.5) is 0 Å². The van der Waals surface area contributed by atoms with Crippen molar-refractivity contribution in [2.45, 2.75) is 25.9 Å². The number of hydrogen-bond acceptors (Lipinski definition) is 2. The molecule has 0 spiro atoms. The lowest BCUT2D eigenvalue weighted by Gasteiger charge is -2.19. The maximum atomic E-state index is 5.86. The first-order valence-corrected chi connectivity index (χ1v) is 5.51. The second-order valence-corrected chi connectivity index (χ2v) is 5.04. The zero-order valence-electron chi connectivity index (χ0n) is 8.68. The number of nitrogens with two attached hydrogens (primary N) is 1. The molecule has 0 amide bonds. The largest absolute Gasteiger partial charge is 0.324 e. The lowest BCUT2D eigenvalue weighted by Crippen LogP contribution is -2.42. The van der Waals surface area contributed by atoms with Gasteiger partial charge in [-0.1, -0.05) is 34.1 Å². The lowest BCUT2D eigenvalue weighted by molar-refractivity contribution is 0.466. The number of halogens is 1. The molecule has 0 atom stereocenters. The van der Waals surface area contributed by atoms with Crippen molar-refractivity contribution in [1.82, 2.24) is 5.32 Å². The fourth-order valence-electron chi connectivity index (χ4n) is 1.16. The van der Waals surface area contributed by atoms with E-state index in [4.69, 9.17) is 5.73 Å². The van der Waals surface area contributed by atoms with Crippen LogP contribution in [0.1, 0.15) is 19.4 Å². The van der Waals surface area contributed by atoms with Gasteiger partial charge >= 0.3 is 0 Å². The Kier molecular flexibility index (Phi) is 4.11. The van der Waals surface area contributed by atoms with Gasteiger partial charge in [0.15, 0.2) is 0 Å². The first kappa shape index (κ1) is 11.7. The number of benzene rings is 1. The SMILES string of the molecule is CC(C)(N)CNCc1ccccc1Br. The molecular weight excluding hydrogens is 240 g/mol. The minimum atomic E-state index is -0.152. The predicted octanol–water partition coefficient (Wildman–Crippen LogP) is 2.28. The Morgan fingerprint density at radius 3 is 2.57 bits per heavy atom. The maximum Gasteiger partial charge on any atom is 0.0223 e. The van der Waals surface area contributed by atoms with Crippen molar-refractivity contribution in [3.8, 4) is 0 Å². The molecule has 0 fully saturated rings. The summed E-state index contributed by atoms with van der Waals surface area (Å²) >= 11 is 3.51. The molecule has 0 heterocycles. The van der Waals surface area contributed by atoms with Crippen molar-refractivity contribution < 1.29 is 0 Å². The Labute approximate surface area is 94.0 Å². The van der Waals surface area contributed by atoms with E-state index in [0.29, 0.717) is 0 Å². The maximum absolute atomic E-state index is 5.86. The van der Waals surface area contributed by atoms with E-state index in [2.05, 4.69) is 27.3 Å². The third kappa shape index (κ3) is 4.22. The third-order valence-electron chi connectivity index (χ3n) is 1.85. The van der Waals surface area contributed by atoms with Crippen LogP contribution in [0.15, 0.2) is 28.7 Å². The molecular formula is C11H17BrN2. The van der Waals surface area contributed by atoms with E-state index in [9.17, 15) is 0 Å². The summed E-state index contributed by atoms with van der Waals surface area (Å²) in [5, 5.41) is 3.33. The third-order valence-corrected chi connectivity index (χ3v) is 2.63. The zero-order valence-corrected chi connectivity index (χ0v) is 10.3. The fourth-order valence-corrected chi connectivity index (χ4v) is 1.59. The minimum Gasteiger partial charge on any atom is -0.324 e. The molecule has 2 nitrogen and oxygen atoms in total. The van der Waals surface area contributed by atoms with Crippen molar-refractivity contribution in [1.29, 1.82) is 0 Å². The first-order valence-electron chi connectivity index (χ1n) is 4.72. The number of nitrogens with one attached hydrogen (secondary N) is 1. The van der Waals surface area contributed by atoms with Gasteiger partial charge in [0.05, 0.1) is 0 Å². The van der Waals surface area contributed by atoms with Crippen LogP contribution in [-0.2, 0) is 6.54 Å². The molecule has 0 radical (unpaired) electrons. The highest BCUT2D eigenvalue weighted by atomic mass is 79.9. The van der Waals surface area contributed by atoms with E-state index < -0.39 is 0 Å². The topological polar surface area (TPSA) is 38.0 Å². The van der Waals surface area contributed by atoms with Gasteiger partial charge in [0.2, 0.25) is 0 Å². The van der Waals surface area contributed by atoms with Crippen LogP contribution in [0.5, 0.6) is 0 Å². The van der Waals surface area contributed by atoms with Gasteiger partial charge in [-0.25, -0.2) is 0 Å². The van der Waals surface area contributed by atoms with E-state index in [1.54, 1.807) is 0 Å². The molecule has 0 aromatic heterocycles. The Morgan fingerprint density at radius 1 is 1.36 bits per heavy atom.